The van der Waals surface area contributed by atoms with Crippen molar-refractivity contribution in [3.05, 3.63) is 45.7 Å². The first-order valence-corrected chi connectivity index (χ1v) is 6.61. The summed E-state index contributed by atoms with van der Waals surface area (Å²) in [5.41, 5.74) is 2.20. The molecule has 0 fully saturated rings. The van der Waals surface area contributed by atoms with Crippen LogP contribution in [0.15, 0.2) is 33.4 Å². The fourth-order valence-corrected chi connectivity index (χ4v) is 2.29. The Morgan fingerprint density at radius 2 is 2.11 bits per heavy atom. The molecule has 0 amide bonds. The second-order valence-electron chi connectivity index (χ2n) is 4.33. The number of aliphatic carboxylic acids is 1. The lowest BCUT2D eigenvalue weighted by atomic mass is 9.94. The largest absolute Gasteiger partial charge is 0.481 e. The zero-order valence-corrected chi connectivity index (χ0v) is 11.9. The summed E-state index contributed by atoms with van der Waals surface area (Å²) in [6.07, 6.45) is 0.745. The number of halogens is 1. The number of carbonyl (C=O) groups is 1. The van der Waals surface area contributed by atoms with Crippen LogP contribution in [0.1, 0.15) is 17.0 Å². The van der Waals surface area contributed by atoms with Crippen LogP contribution in [-0.4, -0.2) is 21.4 Å². The minimum absolute atomic E-state index is 0.312. The minimum atomic E-state index is -0.849. The average molecular weight is 325 g/mol. The molecule has 1 aromatic carbocycles. The number of nitrogens with zero attached hydrogens (tertiary/aromatic N) is 2. The predicted molar refractivity (Wildman–Crippen MR) is 71.7 cm³/mol. The lowest BCUT2D eigenvalue weighted by molar-refractivity contribution is -0.141. The van der Waals surface area contributed by atoms with Crippen molar-refractivity contribution in [2.45, 2.75) is 19.8 Å². The van der Waals surface area contributed by atoms with Gasteiger partial charge in [-0.15, -0.1) is 0 Å². The highest BCUT2D eigenvalue weighted by molar-refractivity contribution is 9.10. The molecule has 1 aromatic heterocycles. The van der Waals surface area contributed by atoms with Gasteiger partial charge >= 0.3 is 5.97 Å². The molecule has 0 saturated heterocycles. The highest BCUT2D eigenvalue weighted by atomic mass is 79.9. The van der Waals surface area contributed by atoms with Crippen molar-refractivity contribution in [3.8, 4) is 0 Å². The van der Waals surface area contributed by atoms with Gasteiger partial charge in [0.25, 0.3) is 0 Å². The summed E-state index contributed by atoms with van der Waals surface area (Å²) in [7, 11) is 0. The van der Waals surface area contributed by atoms with Crippen LogP contribution >= 0.6 is 15.9 Å². The highest BCUT2D eigenvalue weighted by Crippen LogP contribution is 2.22. The second-order valence-corrected chi connectivity index (χ2v) is 5.19. The quantitative estimate of drug-likeness (QED) is 0.914. The van der Waals surface area contributed by atoms with Crippen molar-refractivity contribution in [1.82, 2.24) is 10.3 Å². The summed E-state index contributed by atoms with van der Waals surface area (Å²) in [6.45, 7) is 1.75. The maximum atomic E-state index is 11.4. The molecule has 5 nitrogen and oxygen atoms in total. The molecule has 0 bridgehead atoms. The van der Waals surface area contributed by atoms with Crippen LogP contribution in [0.25, 0.3) is 0 Å². The van der Waals surface area contributed by atoms with E-state index in [-0.39, 0.29) is 0 Å². The van der Waals surface area contributed by atoms with Gasteiger partial charge in [0.1, 0.15) is 11.4 Å². The number of hydrogen-bond donors (Lipinski definition) is 1. The molecule has 1 heterocycles. The molecule has 0 radical (unpaired) electrons. The van der Waals surface area contributed by atoms with Gasteiger partial charge in [0.05, 0.1) is 5.92 Å². The van der Waals surface area contributed by atoms with Crippen molar-refractivity contribution in [3.63, 3.8) is 0 Å². The molecule has 1 atom stereocenters. The van der Waals surface area contributed by atoms with E-state index in [1.54, 1.807) is 6.92 Å². The predicted octanol–water partition coefficient (Wildman–Crippen LogP) is 2.63. The van der Waals surface area contributed by atoms with E-state index in [0.29, 0.717) is 24.2 Å². The lowest BCUT2D eigenvalue weighted by Gasteiger charge is -2.12. The first kappa shape index (κ1) is 13.7. The van der Waals surface area contributed by atoms with Crippen LogP contribution in [-0.2, 0) is 17.6 Å². The van der Waals surface area contributed by atoms with E-state index in [2.05, 4.69) is 30.9 Å². The number of hydrogen-bond acceptors (Lipinski definition) is 4. The zero-order valence-electron chi connectivity index (χ0n) is 10.3. The molecule has 0 aliphatic rings. The van der Waals surface area contributed by atoms with Gasteiger partial charge in [-0.2, -0.15) is 0 Å². The Labute approximate surface area is 118 Å². The summed E-state index contributed by atoms with van der Waals surface area (Å²) >= 11 is 3.43. The summed E-state index contributed by atoms with van der Waals surface area (Å²) in [6, 6.07) is 7.60. The van der Waals surface area contributed by atoms with Crippen LogP contribution in [0, 0.1) is 12.8 Å². The molecule has 100 valence electrons. The molecule has 2 aromatic rings. The zero-order chi connectivity index (χ0) is 13.8. The van der Waals surface area contributed by atoms with Gasteiger partial charge in [-0.1, -0.05) is 44.4 Å². The van der Waals surface area contributed by atoms with Crippen LogP contribution in [0.2, 0.25) is 0 Å². The van der Waals surface area contributed by atoms with E-state index in [9.17, 15) is 9.90 Å². The number of aryl methyl sites for hydroxylation is 1. The molecule has 0 saturated carbocycles. The molecular weight excluding hydrogens is 312 g/mol. The van der Waals surface area contributed by atoms with E-state index < -0.39 is 11.9 Å². The van der Waals surface area contributed by atoms with Gasteiger partial charge in [0, 0.05) is 10.9 Å². The highest BCUT2D eigenvalue weighted by Gasteiger charge is 2.22. The van der Waals surface area contributed by atoms with Crippen molar-refractivity contribution < 1.29 is 14.5 Å². The average Bonchev–Trinajstić information content (AvgIpc) is 2.76. The standard InChI is InChI=1S/C13H13BrN2O3/c1-8-12(16-19-15-8)7-10(13(17)18)6-9-4-2-3-5-11(9)14/h2-5,10H,6-7H2,1H3,(H,17,18). The van der Waals surface area contributed by atoms with Crippen LogP contribution in [0.5, 0.6) is 0 Å². The molecule has 0 aliphatic carbocycles. The Kier molecular flexibility index (Phi) is 4.31. The number of rotatable bonds is 5. The Morgan fingerprint density at radius 1 is 1.37 bits per heavy atom. The van der Waals surface area contributed by atoms with Gasteiger partial charge in [-0.25, -0.2) is 4.63 Å². The van der Waals surface area contributed by atoms with Crippen molar-refractivity contribution in [2.75, 3.05) is 0 Å². The monoisotopic (exact) mass is 324 g/mol. The second kappa shape index (κ2) is 5.97. The fraction of sp³-hybridized carbons (Fsp3) is 0.308. The van der Waals surface area contributed by atoms with Gasteiger partial charge in [-0.3, -0.25) is 4.79 Å². The van der Waals surface area contributed by atoms with E-state index in [0.717, 1.165) is 10.0 Å². The Morgan fingerprint density at radius 3 is 2.68 bits per heavy atom. The van der Waals surface area contributed by atoms with E-state index >= 15 is 0 Å². The smallest absolute Gasteiger partial charge is 0.307 e. The summed E-state index contributed by atoms with van der Waals surface area (Å²) in [4.78, 5) is 11.4. The van der Waals surface area contributed by atoms with Gasteiger partial charge in [0.2, 0.25) is 0 Å². The van der Waals surface area contributed by atoms with E-state index in [1.807, 2.05) is 24.3 Å². The summed E-state index contributed by atoms with van der Waals surface area (Å²) in [5.74, 6) is -1.40. The van der Waals surface area contributed by atoms with Crippen LogP contribution < -0.4 is 0 Å². The maximum Gasteiger partial charge on any atom is 0.307 e. The Hall–Kier alpha value is -1.69. The Bertz CT molecular complexity index is 583. The first-order chi connectivity index (χ1) is 9.08. The topological polar surface area (TPSA) is 76.2 Å². The van der Waals surface area contributed by atoms with Crippen molar-refractivity contribution in [1.29, 1.82) is 0 Å². The molecule has 1 unspecified atom stereocenters. The number of carboxylic acid groups (broad SMARTS) is 1. The molecule has 0 aliphatic heterocycles. The third kappa shape index (κ3) is 3.41. The van der Waals surface area contributed by atoms with Gasteiger partial charge in [0.15, 0.2) is 0 Å². The van der Waals surface area contributed by atoms with Crippen LogP contribution in [0.3, 0.4) is 0 Å². The first-order valence-electron chi connectivity index (χ1n) is 5.82. The minimum Gasteiger partial charge on any atom is -0.481 e. The SMILES string of the molecule is Cc1nonc1CC(Cc1ccccc1Br)C(=O)O. The van der Waals surface area contributed by atoms with Crippen LogP contribution in [0.4, 0.5) is 0 Å². The van der Waals surface area contributed by atoms with E-state index in [1.165, 1.54) is 0 Å². The molecule has 6 heteroatoms. The normalized spacial score (nSPS) is 12.3. The van der Waals surface area contributed by atoms with Crippen molar-refractivity contribution in [2.24, 2.45) is 5.92 Å². The molecule has 0 spiro atoms. The summed E-state index contributed by atoms with van der Waals surface area (Å²) in [5, 5.41) is 16.7. The number of benzene rings is 1. The number of carboxylic acids is 1. The molecule has 2 rings (SSSR count). The molecule has 19 heavy (non-hydrogen) atoms. The van der Waals surface area contributed by atoms with Crippen molar-refractivity contribution >= 4 is 21.9 Å². The molecular formula is C13H13BrN2O3. The fourth-order valence-electron chi connectivity index (χ4n) is 1.84. The third-order valence-electron chi connectivity index (χ3n) is 2.96. The summed E-state index contributed by atoms with van der Waals surface area (Å²) < 4.78 is 5.51. The number of aromatic nitrogens is 2. The maximum absolute atomic E-state index is 11.4. The Balaban J connectivity index is 2.16. The van der Waals surface area contributed by atoms with Gasteiger partial charge < -0.3 is 5.11 Å². The molecule has 1 N–H and O–H groups in total. The van der Waals surface area contributed by atoms with Gasteiger partial charge in [-0.05, 0) is 25.0 Å². The third-order valence-corrected chi connectivity index (χ3v) is 3.73. The van der Waals surface area contributed by atoms with E-state index in [4.69, 9.17) is 0 Å². The lowest BCUT2D eigenvalue weighted by Crippen LogP contribution is -2.20.